The fraction of sp³-hybridized carbons (Fsp3) is 0.0476. The molecule has 0 spiro atoms. The molecule has 0 aliphatic rings. The first-order valence-corrected chi connectivity index (χ1v) is 9.28. The molecule has 0 saturated heterocycles. The highest BCUT2D eigenvalue weighted by atomic mass is 35.5. The first-order chi connectivity index (χ1) is 12.7. The molecule has 4 rings (SSSR count). The summed E-state index contributed by atoms with van der Waals surface area (Å²) >= 11 is 7.55. The SMILES string of the molecule is OC(c1cccnc1)c1c(-c2cccc(Cl)c2)nsc1-c1ccccc1. The third-order valence-corrected chi connectivity index (χ3v) is 5.28. The smallest absolute Gasteiger partial charge is 0.109 e. The van der Waals surface area contributed by atoms with Crippen LogP contribution in [-0.2, 0) is 0 Å². The Balaban J connectivity index is 1.92. The number of aromatic nitrogens is 2. The van der Waals surface area contributed by atoms with E-state index in [1.54, 1.807) is 12.4 Å². The van der Waals surface area contributed by atoms with Gasteiger partial charge in [0.15, 0.2) is 0 Å². The van der Waals surface area contributed by atoms with Gasteiger partial charge in [-0.05, 0) is 35.3 Å². The second-order valence-electron chi connectivity index (χ2n) is 5.84. The largest absolute Gasteiger partial charge is 0.383 e. The molecule has 3 nitrogen and oxygen atoms in total. The van der Waals surface area contributed by atoms with Crippen LogP contribution in [-0.4, -0.2) is 14.5 Å². The number of hydrogen-bond acceptors (Lipinski definition) is 4. The molecular formula is C21H15ClN2OS. The summed E-state index contributed by atoms with van der Waals surface area (Å²) in [6.07, 6.45) is 2.54. The normalized spacial score (nSPS) is 12.1. The van der Waals surface area contributed by atoms with Gasteiger partial charge in [-0.25, -0.2) is 0 Å². The van der Waals surface area contributed by atoms with E-state index in [0.717, 1.165) is 32.8 Å². The standard InChI is InChI=1S/C21H15ClN2OS/c22-17-10-4-8-15(12-17)19-18(20(25)16-9-5-11-23-13-16)21(26-24-19)14-6-2-1-3-7-14/h1-13,20,25H. The molecule has 2 aromatic carbocycles. The van der Waals surface area contributed by atoms with Gasteiger partial charge in [0.1, 0.15) is 6.10 Å². The molecule has 0 saturated carbocycles. The average Bonchev–Trinajstić information content (AvgIpc) is 3.14. The zero-order valence-corrected chi connectivity index (χ0v) is 15.3. The van der Waals surface area contributed by atoms with Crippen LogP contribution in [0.15, 0.2) is 79.1 Å². The first kappa shape index (κ1) is 16.9. The summed E-state index contributed by atoms with van der Waals surface area (Å²) in [7, 11) is 0. The van der Waals surface area contributed by atoms with Crippen LogP contribution in [0.1, 0.15) is 17.2 Å². The van der Waals surface area contributed by atoms with E-state index in [-0.39, 0.29) is 0 Å². The Morgan fingerprint density at radius 2 is 1.73 bits per heavy atom. The summed E-state index contributed by atoms with van der Waals surface area (Å²) in [5.74, 6) is 0. The van der Waals surface area contributed by atoms with Crippen molar-refractivity contribution in [2.75, 3.05) is 0 Å². The predicted octanol–water partition coefficient (Wildman–Crippen LogP) is 5.61. The summed E-state index contributed by atoms with van der Waals surface area (Å²) in [6, 6.07) is 21.2. The second kappa shape index (κ2) is 7.38. The molecule has 2 heterocycles. The Hall–Kier alpha value is -2.53. The molecule has 1 atom stereocenters. The minimum atomic E-state index is -0.827. The number of rotatable bonds is 4. The highest BCUT2D eigenvalue weighted by molar-refractivity contribution is 7.10. The topological polar surface area (TPSA) is 46.0 Å². The minimum Gasteiger partial charge on any atom is -0.383 e. The van der Waals surface area contributed by atoms with Crippen molar-refractivity contribution < 1.29 is 5.11 Å². The molecule has 128 valence electrons. The number of nitrogens with zero attached hydrogens (tertiary/aromatic N) is 2. The Labute approximate surface area is 160 Å². The van der Waals surface area contributed by atoms with Crippen LogP contribution in [0.4, 0.5) is 0 Å². The van der Waals surface area contributed by atoms with Crippen LogP contribution >= 0.6 is 23.1 Å². The molecule has 0 aliphatic carbocycles. The van der Waals surface area contributed by atoms with Gasteiger partial charge in [-0.3, -0.25) is 4.98 Å². The highest BCUT2D eigenvalue weighted by Crippen LogP contribution is 2.41. The minimum absolute atomic E-state index is 0.638. The average molecular weight is 379 g/mol. The van der Waals surface area contributed by atoms with Gasteiger partial charge in [0.2, 0.25) is 0 Å². The van der Waals surface area contributed by atoms with E-state index in [9.17, 15) is 5.11 Å². The van der Waals surface area contributed by atoms with Crippen molar-refractivity contribution in [3.05, 3.63) is 95.3 Å². The number of aliphatic hydroxyl groups excluding tert-OH is 1. The van der Waals surface area contributed by atoms with Crippen LogP contribution in [0.3, 0.4) is 0 Å². The van der Waals surface area contributed by atoms with E-state index in [2.05, 4.69) is 9.36 Å². The third kappa shape index (κ3) is 3.27. The fourth-order valence-electron chi connectivity index (χ4n) is 2.90. The number of benzene rings is 2. The van der Waals surface area contributed by atoms with Crippen LogP contribution < -0.4 is 0 Å². The maximum atomic E-state index is 11.1. The Kier molecular flexibility index (Phi) is 4.80. The molecule has 26 heavy (non-hydrogen) atoms. The molecule has 1 unspecified atom stereocenters. The summed E-state index contributed by atoms with van der Waals surface area (Å²) in [6.45, 7) is 0. The number of pyridine rings is 1. The third-order valence-electron chi connectivity index (χ3n) is 4.14. The molecule has 5 heteroatoms. The van der Waals surface area contributed by atoms with Crippen LogP contribution in [0, 0.1) is 0 Å². The zero-order chi connectivity index (χ0) is 17.9. The zero-order valence-electron chi connectivity index (χ0n) is 13.7. The van der Waals surface area contributed by atoms with E-state index in [1.165, 1.54) is 11.5 Å². The second-order valence-corrected chi connectivity index (χ2v) is 7.05. The van der Waals surface area contributed by atoms with Crippen molar-refractivity contribution in [2.45, 2.75) is 6.10 Å². The Morgan fingerprint density at radius 3 is 2.46 bits per heavy atom. The van der Waals surface area contributed by atoms with E-state index in [4.69, 9.17) is 11.6 Å². The van der Waals surface area contributed by atoms with E-state index >= 15 is 0 Å². The van der Waals surface area contributed by atoms with Gasteiger partial charge in [-0.1, -0.05) is 60.1 Å². The summed E-state index contributed by atoms with van der Waals surface area (Å²) < 4.78 is 4.65. The van der Waals surface area contributed by atoms with Crippen molar-refractivity contribution in [3.8, 4) is 21.7 Å². The fourth-order valence-corrected chi connectivity index (χ4v) is 4.02. The van der Waals surface area contributed by atoms with Gasteiger partial charge >= 0.3 is 0 Å². The van der Waals surface area contributed by atoms with Gasteiger partial charge < -0.3 is 5.11 Å². The van der Waals surface area contributed by atoms with Gasteiger partial charge in [0.05, 0.1) is 10.6 Å². The molecule has 0 radical (unpaired) electrons. The number of halogens is 1. The lowest BCUT2D eigenvalue weighted by Crippen LogP contribution is -2.02. The molecule has 2 aromatic heterocycles. The van der Waals surface area contributed by atoms with Gasteiger partial charge in [-0.2, -0.15) is 4.37 Å². The van der Waals surface area contributed by atoms with Gasteiger partial charge in [-0.15, -0.1) is 0 Å². The van der Waals surface area contributed by atoms with E-state index < -0.39 is 6.10 Å². The summed E-state index contributed by atoms with van der Waals surface area (Å²) in [5.41, 5.74) is 4.16. The molecule has 0 bridgehead atoms. The molecule has 0 amide bonds. The van der Waals surface area contributed by atoms with Gasteiger partial charge in [0, 0.05) is 34.1 Å². The molecule has 0 aliphatic heterocycles. The first-order valence-electron chi connectivity index (χ1n) is 8.13. The summed E-state index contributed by atoms with van der Waals surface area (Å²) in [4.78, 5) is 5.08. The Bertz CT molecular complexity index is 1020. The van der Waals surface area contributed by atoms with E-state index in [0.29, 0.717) is 5.02 Å². The lowest BCUT2D eigenvalue weighted by molar-refractivity contribution is 0.221. The van der Waals surface area contributed by atoms with Crippen molar-refractivity contribution in [1.29, 1.82) is 0 Å². The lowest BCUT2D eigenvalue weighted by Gasteiger charge is -2.14. The summed E-state index contributed by atoms with van der Waals surface area (Å²) in [5, 5.41) is 11.8. The lowest BCUT2D eigenvalue weighted by atomic mass is 9.95. The van der Waals surface area contributed by atoms with E-state index in [1.807, 2.05) is 66.7 Å². The van der Waals surface area contributed by atoms with Crippen molar-refractivity contribution >= 4 is 23.1 Å². The van der Waals surface area contributed by atoms with Crippen molar-refractivity contribution in [1.82, 2.24) is 9.36 Å². The molecule has 4 aromatic rings. The highest BCUT2D eigenvalue weighted by Gasteiger charge is 2.24. The van der Waals surface area contributed by atoms with Crippen molar-refractivity contribution in [2.24, 2.45) is 0 Å². The molecule has 1 N–H and O–H groups in total. The maximum absolute atomic E-state index is 11.1. The van der Waals surface area contributed by atoms with Crippen LogP contribution in [0.25, 0.3) is 21.7 Å². The molecule has 0 fully saturated rings. The molecular weight excluding hydrogens is 364 g/mol. The number of hydrogen-bond donors (Lipinski definition) is 1. The maximum Gasteiger partial charge on any atom is 0.109 e. The quantitative estimate of drug-likeness (QED) is 0.502. The van der Waals surface area contributed by atoms with Crippen molar-refractivity contribution in [3.63, 3.8) is 0 Å². The van der Waals surface area contributed by atoms with Gasteiger partial charge in [0.25, 0.3) is 0 Å². The number of aliphatic hydroxyl groups is 1. The predicted molar refractivity (Wildman–Crippen MR) is 106 cm³/mol. The van der Waals surface area contributed by atoms with Crippen LogP contribution in [0.5, 0.6) is 0 Å². The Morgan fingerprint density at radius 1 is 0.923 bits per heavy atom. The monoisotopic (exact) mass is 378 g/mol. The van der Waals surface area contributed by atoms with Crippen LogP contribution in [0.2, 0.25) is 5.02 Å².